The predicted octanol–water partition coefficient (Wildman–Crippen LogP) is 4.52. The van der Waals surface area contributed by atoms with Gasteiger partial charge in [-0.2, -0.15) is 0 Å². The van der Waals surface area contributed by atoms with E-state index in [-0.39, 0.29) is 5.82 Å². The molecule has 1 rings (SSSR count). The standard InChI is InChI=1S/C15H21ClFN/c1-4-7-18-10-13(11(2)3)8-12-5-6-14(16)9-15(12)17/h5-6,8-9,11,18H,4,7,10H2,1-3H3/b13-8-. The smallest absolute Gasteiger partial charge is 0.131 e. The van der Waals surface area contributed by atoms with Crippen molar-refractivity contribution in [2.75, 3.05) is 13.1 Å². The fourth-order valence-electron chi connectivity index (χ4n) is 1.65. The molecule has 100 valence electrons. The lowest BCUT2D eigenvalue weighted by Gasteiger charge is -2.13. The summed E-state index contributed by atoms with van der Waals surface area (Å²) in [6.07, 6.45) is 3.01. The molecular weight excluding hydrogens is 249 g/mol. The molecule has 0 amide bonds. The number of rotatable bonds is 6. The molecule has 0 heterocycles. The highest BCUT2D eigenvalue weighted by Gasteiger charge is 2.06. The van der Waals surface area contributed by atoms with Crippen LogP contribution in [0.4, 0.5) is 4.39 Å². The van der Waals surface area contributed by atoms with Crippen molar-refractivity contribution in [2.24, 2.45) is 5.92 Å². The van der Waals surface area contributed by atoms with E-state index in [0.29, 0.717) is 16.5 Å². The second kappa shape index (κ2) is 7.55. The van der Waals surface area contributed by atoms with E-state index in [1.807, 2.05) is 6.08 Å². The first-order valence-electron chi connectivity index (χ1n) is 6.40. The first-order valence-corrected chi connectivity index (χ1v) is 6.78. The Kier molecular flexibility index (Phi) is 6.37. The van der Waals surface area contributed by atoms with Crippen LogP contribution in [0.3, 0.4) is 0 Å². The zero-order valence-corrected chi connectivity index (χ0v) is 12.0. The lowest BCUT2D eigenvalue weighted by atomic mass is 10.00. The summed E-state index contributed by atoms with van der Waals surface area (Å²) in [4.78, 5) is 0. The van der Waals surface area contributed by atoms with Crippen LogP contribution in [-0.4, -0.2) is 13.1 Å². The van der Waals surface area contributed by atoms with Crippen molar-refractivity contribution in [1.82, 2.24) is 5.32 Å². The molecule has 0 aliphatic rings. The van der Waals surface area contributed by atoms with Crippen LogP contribution < -0.4 is 5.32 Å². The molecular formula is C15H21ClFN. The molecule has 0 atom stereocenters. The fraction of sp³-hybridized carbons (Fsp3) is 0.467. The Labute approximate surface area is 114 Å². The van der Waals surface area contributed by atoms with Crippen LogP contribution in [-0.2, 0) is 0 Å². The summed E-state index contributed by atoms with van der Waals surface area (Å²) in [6.45, 7) is 8.14. The van der Waals surface area contributed by atoms with Gasteiger partial charge in [0.15, 0.2) is 0 Å². The largest absolute Gasteiger partial charge is 0.313 e. The number of hydrogen-bond acceptors (Lipinski definition) is 1. The average molecular weight is 270 g/mol. The number of hydrogen-bond donors (Lipinski definition) is 1. The summed E-state index contributed by atoms with van der Waals surface area (Å²) in [6, 6.07) is 4.79. The molecule has 1 aromatic carbocycles. The third-order valence-electron chi connectivity index (χ3n) is 2.80. The van der Waals surface area contributed by atoms with Crippen LogP contribution in [0.2, 0.25) is 5.02 Å². The molecule has 0 saturated carbocycles. The molecule has 0 radical (unpaired) electrons. The van der Waals surface area contributed by atoms with Crippen LogP contribution in [0.25, 0.3) is 6.08 Å². The second-order valence-corrected chi connectivity index (χ2v) is 5.15. The highest BCUT2D eigenvalue weighted by atomic mass is 35.5. The van der Waals surface area contributed by atoms with E-state index < -0.39 is 0 Å². The van der Waals surface area contributed by atoms with Crippen LogP contribution in [0.15, 0.2) is 23.8 Å². The van der Waals surface area contributed by atoms with Gasteiger partial charge >= 0.3 is 0 Å². The van der Waals surface area contributed by atoms with E-state index in [1.165, 1.54) is 11.6 Å². The van der Waals surface area contributed by atoms with Gasteiger partial charge in [-0.1, -0.05) is 50.1 Å². The van der Waals surface area contributed by atoms with E-state index in [0.717, 1.165) is 19.5 Å². The minimum Gasteiger partial charge on any atom is -0.313 e. The minimum absolute atomic E-state index is 0.267. The normalized spacial score (nSPS) is 12.2. The van der Waals surface area contributed by atoms with Gasteiger partial charge in [0.05, 0.1) is 0 Å². The third kappa shape index (κ3) is 4.79. The van der Waals surface area contributed by atoms with Crippen molar-refractivity contribution in [3.05, 3.63) is 40.2 Å². The number of nitrogens with one attached hydrogen (secondary N) is 1. The van der Waals surface area contributed by atoms with Crippen molar-refractivity contribution in [2.45, 2.75) is 27.2 Å². The van der Waals surface area contributed by atoms with Gasteiger partial charge in [-0.05, 0) is 31.0 Å². The van der Waals surface area contributed by atoms with E-state index in [4.69, 9.17) is 11.6 Å². The highest BCUT2D eigenvalue weighted by Crippen LogP contribution is 2.19. The average Bonchev–Trinajstić information content (AvgIpc) is 2.30. The first kappa shape index (κ1) is 15.2. The Bertz CT molecular complexity index is 413. The molecule has 0 aromatic heterocycles. The maximum absolute atomic E-state index is 13.7. The van der Waals surface area contributed by atoms with Gasteiger partial charge in [-0.3, -0.25) is 0 Å². The minimum atomic E-state index is -0.267. The quantitative estimate of drug-likeness (QED) is 0.749. The molecule has 0 bridgehead atoms. The maximum atomic E-state index is 13.7. The van der Waals surface area contributed by atoms with E-state index >= 15 is 0 Å². The van der Waals surface area contributed by atoms with Crippen molar-refractivity contribution in [3.8, 4) is 0 Å². The zero-order valence-electron chi connectivity index (χ0n) is 11.3. The van der Waals surface area contributed by atoms with E-state index in [1.54, 1.807) is 12.1 Å². The molecule has 1 N–H and O–H groups in total. The Hall–Kier alpha value is -0.860. The summed E-state index contributed by atoms with van der Waals surface area (Å²) < 4.78 is 13.7. The van der Waals surface area contributed by atoms with Gasteiger partial charge in [-0.15, -0.1) is 0 Å². The van der Waals surface area contributed by atoms with Crippen LogP contribution in [0.1, 0.15) is 32.8 Å². The van der Waals surface area contributed by atoms with Gasteiger partial charge in [-0.25, -0.2) is 4.39 Å². The number of benzene rings is 1. The van der Waals surface area contributed by atoms with E-state index in [9.17, 15) is 4.39 Å². The third-order valence-corrected chi connectivity index (χ3v) is 3.04. The Morgan fingerprint density at radius 3 is 2.72 bits per heavy atom. The van der Waals surface area contributed by atoms with Gasteiger partial charge < -0.3 is 5.32 Å². The van der Waals surface area contributed by atoms with Crippen molar-refractivity contribution in [1.29, 1.82) is 0 Å². The fourth-order valence-corrected chi connectivity index (χ4v) is 1.81. The summed E-state index contributed by atoms with van der Waals surface area (Å²) in [5, 5.41) is 3.78. The predicted molar refractivity (Wildman–Crippen MR) is 77.4 cm³/mol. The van der Waals surface area contributed by atoms with Crippen molar-refractivity contribution in [3.63, 3.8) is 0 Å². The highest BCUT2D eigenvalue weighted by molar-refractivity contribution is 6.30. The maximum Gasteiger partial charge on any atom is 0.131 e. The lowest BCUT2D eigenvalue weighted by Crippen LogP contribution is -2.20. The molecule has 0 aliphatic heterocycles. The van der Waals surface area contributed by atoms with Crippen molar-refractivity contribution < 1.29 is 4.39 Å². The molecule has 0 unspecified atom stereocenters. The Morgan fingerprint density at radius 1 is 1.44 bits per heavy atom. The summed E-state index contributed by atoms with van der Waals surface area (Å²) in [5.41, 5.74) is 1.80. The lowest BCUT2D eigenvalue weighted by molar-refractivity contribution is 0.623. The SMILES string of the molecule is CCCNC/C(=C/c1ccc(Cl)cc1F)C(C)C. The molecule has 3 heteroatoms. The van der Waals surface area contributed by atoms with Gasteiger partial charge in [0.1, 0.15) is 5.82 Å². The van der Waals surface area contributed by atoms with Gasteiger partial charge in [0.25, 0.3) is 0 Å². The molecule has 1 aromatic rings. The molecule has 0 spiro atoms. The Morgan fingerprint density at radius 2 is 2.17 bits per heavy atom. The van der Waals surface area contributed by atoms with Gasteiger partial charge in [0, 0.05) is 17.1 Å². The van der Waals surface area contributed by atoms with Crippen LogP contribution >= 0.6 is 11.6 Å². The molecule has 0 aliphatic carbocycles. The first-order chi connectivity index (χ1) is 8.54. The molecule has 18 heavy (non-hydrogen) atoms. The summed E-state index contributed by atoms with van der Waals surface area (Å²) in [5.74, 6) is 0.126. The van der Waals surface area contributed by atoms with Crippen LogP contribution in [0, 0.1) is 11.7 Å². The van der Waals surface area contributed by atoms with Gasteiger partial charge in [0.2, 0.25) is 0 Å². The molecule has 1 nitrogen and oxygen atoms in total. The van der Waals surface area contributed by atoms with Crippen LogP contribution in [0.5, 0.6) is 0 Å². The topological polar surface area (TPSA) is 12.0 Å². The monoisotopic (exact) mass is 269 g/mol. The summed E-state index contributed by atoms with van der Waals surface area (Å²) in [7, 11) is 0. The number of halogens is 2. The Balaban J connectivity index is 2.86. The van der Waals surface area contributed by atoms with Crippen molar-refractivity contribution >= 4 is 17.7 Å². The molecule has 0 fully saturated rings. The zero-order chi connectivity index (χ0) is 13.5. The second-order valence-electron chi connectivity index (χ2n) is 4.72. The summed E-state index contributed by atoms with van der Waals surface area (Å²) >= 11 is 5.75. The molecule has 0 saturated heterocycles. The van der Waals surface area contributed by atoms with E-state index in [2.05, 4.69) is 26.1 Å².